The van der Waals surface area contributed by atoms with Crippen LogP contribution in [-0.4, -0.2) is 29.1 Å². The molecular weight excluding hydrogens is 316 g/mol. The molecule has 1 atom stereocenters. The summed E-state index contributed by atoms with van der Waals surface area (Å²) in [4.78, 5) is 5.23. The molecule has 2 heteroatoms. The van der Waals surface area contributed by atoms with Gasteiger partial charge in [0.05, 0.1) is 0 Å². The maximum absolute atomic E-state index is 2.64. The maximum Gasteiger partial charge on any atom is 0.101 e. The van der Waals surface area contributed by atoms with Crippen LogP contribution in [0.2, 0.25) is 0 Å². The first kappa shape index (κ1) is 23.4. The summed E-state index contributed by atoms with van der Waals surface area (Å²) < 4.78 is 0. The lowest BCUT2D eigenvalue weighted by molar-refractivity contribution is 0.137. The molecule has 1 heterocycles. The van der Waals surface area contributed by atoms with Gasteiger partial charge in [-0.1, -0.05) is 97.8 Å². The van der Waals surface area contributed by atoms with E-state index in [4.69, 9.17) is 0 Å². The minimum atomic E-state index is 0.644. The number of rotatable bonds is 18. The highest BCUT2D eigenvalue weighted by atomic mass is 15.4. The summed E-state index contributed by atoms with van der Waals surface area (Å²) in [5, 5.41) is 0. The fourth-order valence-electron chi connectivity index (χ4n) is 4.13. The molecule has 0 aromatic carbocycles. The van der Waals surface area contributed by atoms with E-state index in [1.165, 1.54) is 116 Å². The molecule has 0 radical (unpaired) electrons. The first-order valence-corrected chi connectivity index (χ1v) is 12.0. The lowest BCUT2D eigenvalue weighted by atomic mass is 10.1. The van der Waals surface area contributed by atoms with E-state index in [0.717, 1.165) is 0 Å². The van der Waals surface area contributed by atoms with E-state index < -0.39 is 0 Å². The highest BCUT2D eigenvalue weighted by Crippen LogP contribution is 2.23. The molecule has 154 valence electrons. The fraction of sp³-hybridized carbons (Fsp3) is 0.917. The molecule has 0 saturated carbocycles. The molecule has 26 heavy (non-hydrogen) atoms. The highest BCUT2D eigenvalue weighted by molar-refractivity contribution is 4.96. The van der Waals surface area contributed by atoms with Gasteiger partial charge in [-0.2, -0.15) is 0 Å². The van der Waals surface area contributed by atoms with Gasteiger partial charge >= 0.3 is 0 Å². The third kappa shape index (κ3) is 10.5. The minimum Gasteiger partial charge on any atom is -0.356 e. The monoisotopic (exact) mass is 364 g/mol. The van der Waals surface area contributed by atoms with Crippen LogP contribution < -0.4 is 0 Å². The van der Waals surface area contributed by atoms with Crippen LogP contribution in [0.5, 0.6) is 0 Å². The van der Waals surface area contributed by atoms with E-state index in [1.54, 1.807) is 0 Å². The van der Waals surface area contributed by atoms with Gasteiger partial charge < -0.3 is 9.80 Å². The van der Waals surface area contributed by atoms with Crippen LogP contribution in [0.25, 0.3) is 0 Å². The molecule has 1 rings (SSSR count). The Kier molecular flexibility index (Phi) is 14.8. The van der Waals surface area contributed by atoms with Gasteiger partial charge in [0.1, 0.15) is 6.17 Å². The molecule has 0 aliphatic carbocycles. The molecule has 1 aliphatic heterocycles. The van der Waals surface area contributed by atoms with E-state index in [2.05, 4.69) is 43.0 Å². The third-order valence-corrected chi connectivity index (χ3v) is 5.78. The summed E-state index contributed by atoms with van der Waals surface area (Å²) >= 11 is 0. The Balaban J connectivity index is 2.19. The van der Waals surface area contributed by atoms with Crippen molar-refractivity contribution >= 4 is 0 Å². The van der Waals surface area contributed by atoms with Gasteiger partial charge in [-0.25, -0.2) is 0 Å². The van der Waals surface area contributed by atoms with Crippen LogP contribution >= 0.6 is 0 Å². The molecule has 0 fully saturated rings. The van der Waals surface area contributed by atoms with Crippen molar-refractivity contribution in [2.24, 2.45) is 0 Å². The molecule has 0 saturated heterocycles. The van der Waals surface area contributed by atoms with Gasteiger partial charge in [-0.3, -0.25) is 0 Å². The molecular formula is C24H48N2. The van der Waals surface area contributed by atoms with Crippen LogP contribution in [0.1, 0.15) is 124 Å². The maximum atomic E-state index is 2.64. The molecule has 0 spiro atoms. The molecule has 1 aliphatic rings. The number of hydrogen-bond donors (Lipinski definition) is 0. The Labute approximate surface area is 165 Å². The molecule has 0 N–H and O–H groups in total. The van der Waals surface area contributed by atoms with Crippen LogP contribution in [0.3, 0.4) is 0 Å². The summed E-state index contributed by atoms with van der Waals surface area (Å²) in [6.07, 6.45) is 27.7. The molecule has 0 aromatic rings. The Morgan fingerprint density at radius 2 is 0.962 bits per heavy atom. The van der Waals surface area contributed by atoms with Gasteiger partial charge in [0.2, 0.25) is 0 Å². The molecule has 1 unspecified atom stereocenters. The van der Waals surface area contributed by atoms with Crippen molar-refractivity contribution in [2.45, 2.75) is 130 Å². The van der Waals surface area contributed by atoms with Crippen molar-refractivity contribution in [1.82, 2.24) is 9.80 Å². The smallest absolute Gasteiger partial charge is 0.101 e. The van der Waals surface area contributed by atoms with Crippen LogP contribution in [0.15, 0.2) is 12.4 Å². The average Bonchev–Trinajstić information content (AvgIpc) is 3.02. The number of nitrogens with zero attached hydrogens (tertiary/aromatic N) is 2. The van der Waals surface area contributed by atoms with Crippen molar-refractivity contribution in [3.8, 4) is 0 Å². The van der Waals surface area contributed by atoms with E-state index in [1.807, 2.05) is 0 Å². The van der Waals surface area contributed by atoms with Crippen LogP contribution in [-0.2, 0) is 0 Å². The Morgan fingerprint density at radius 1 is 0.500 bits per heavy atom. The molecule has 0 amide bonds. The Hall–Kier alpha value is -0.660. The van der Waals surface area contributed by atoms with Crippen molar-refractivity contribution < 1.29 is 0 Å². The summed E-state index contributed by atoms with van der Waals surface area (Å²) in [6, 6.07) is 0. The largest absolute Gasteiger partial charge is 0.356 e. The van der Waals surface area contributed by atoms with Crippen molar-refractivity contribution in [2.75, 3.05) is 13.1 Å². The fourth-order valence-corrected chi connectivity index (χ4v) is 4.13. The second-order valence-electron chi connectivity index (χ2n) is 8.29. The van der Waals surface area contributed by atoms with Gasteiger partial charge in [-0.05, 0) is 25.7 Å². The standard InChI is InChI=1S/C24H48N2/c1-4-7-9-11-13-14-15-17-19-24-25(20-6-3)22-23-26(24)21-18-16-12-10-8-5-2/h22-24H,4-21H2,1-3H3. The predicted molar refractivity (Wildman–Crippen MR) is 117 cm³/mol. The summed E-state index contributed by atoms with van der Waals surface area (Å²) in [6.45, 7) is 9.37. The summed E-state index contributed by atoms with van der Waals surface area (Å²) in [7, 11) is 0. The molecule has 0 aromatic heterocycles. The van der Waals surface area contributed by atoms with E-state index in [0.29, 0.717) is 6.17 Å². The molecule has 0 bridgehead atoms. The SMILES string of the molecule is CCCCCCCCCCC1N(CCC)C=CN1CCCCCCCC. The van der Waals surface area contributed by atoms with Gasteiger partial charge in [0, 0.05) is 25.5 Å². The zero-order valence-electron chi connectivity index (χ0n) is 18.4. The minimum absolute atomic E-state index is 0.644. The zero-order chi connectivity index (χ0) is 18.9. The quantitative estimate of drug-likeness (QED) is 0.230. The lowest BCUT2D eigenvalue weighted by Crippen LogP contribution is -2.39. The second-order valence-corrected chi connectivity index (χ2v) is 8.29. The predicted octanol–water partition coefficient (Wildman–Crippen LogP) is 7.70. The van der Waals surface area contributed by atoms with E-state index in [-0.39, 0.29) is 0 Å². The highest BCUT2D eigenvalue weighted by Gasteiger charge is 2.24. The Morgan fingerprint density at radius 3 is 1.50 bits per heavy atom. The van der Waals surface area contributed by atoms with Gasteiger partial charge in [-0.15, -0.1) is 0 Å². The Bertz CT molecular complexity index is 326. The third-order valence-electron chi connectivity index (χ3n) is 5.78. The normalized spacial score (nSPS) is 16.8. The number of hydrogen-bond acceptors (Lipinski definition) is 2. The molecule has 2 nitrogen and oxygen atoms in total. The zero-order valence-corrected chi connectivity index (χ0v) is 18.4. The van der Waals surface area contributed by atoms with Gasteiger partial charge in [0.25, 0.3) is 0 Å². The average molecular weight is 365 g/mol. The van der Waals surface area contributed by atoms with Crippen LogP contribution in [0, 0.1) is 0 Å². The van der Waals surface area contributed by atoms with E-state index >= 15 is 0 Å². The van der Waals surface area contributed by atoms with Crippen LogP contribution in [0.4, 0.5) is 0 Å². The summed E-state index contributed by atoms with van der Waals surface area (Å²) in [5.41, 5.74) is 0. The van der Waals surface area contributed by atoms with E-state index in [9.17, 15) is 0 Å². The van der Waals surface area contributed by atoms with Crippen molar-refractivity contribution in [1.29, 1.82) is 0 Å². The van der Waals surface area contributed by atoms with Gasteiger partial charge in [0.15, 0.2) is 0 Å². The van der Waals surface area contributed by atoms with Crippen molar-refractivity contribution in [3.05, 3.63) is 12.4 Å². The van der Waals surface area contributed by atoms with Crippen molar-refractivity contribution in [3.63, 3.8) is 0 Å². The topological polar surface area (TPSA) is 6.48 Å². The second kappa shape index (κ2) is 16.5. The first-order valence-electron chi connectivity index (χ1n) is 12.0. The summed E-state index contributed by atoms with van der Waals surface area (Å²) in [5.74, 6) is 0. The lowest BCUT2D eigenvalue weighted by Gasteiger charge is -2.33. The first-order chi connectivity index (χ1) is 12.8. The number of unbranched alkanes of at least 4 members (excludes halogenated alkanes) is 12.